The molecule has 1 fully saturated rings. The molecule has 0 radical (unpaired) electrons. The maximum absolute atomic E-state index is 13.0. The van der Waals surface area contributed by atoms with Gasteiger partial charge in [0.05, 0.1) is 24.5 Å². The number of esters is 3. The van der Waals surface area contributed by atoms with E-state index in [4.69, 9.17) is 24.1 Å². The summed E-state index contributed by atoms with van der Waals surface area (Å²) in [6.45, 7) is 3.00. The maximum atomic E-state index is 13.0. The summed E-state index contributed by atoms with van der Waals surface area (Å²) >= 11 is 0. The Hall–Kier alpha value is -3.64. The molecule has 1 saturated heterocycles. The third kappa shape index (κ3) is 4.04. The van der Waals surface area contributed by atoms with Crippen LogP contribution in [0.1, 0.15) is 44.2 Å². The van der Waals surface area contributed by atoms with Crippen molar-refractivity contribution in [3.05, 3.63) is 35.1 Å². The van der Waals surface area contributed by atoms with Gasteiger partial charge in [-0.3, -0.25) is 9.59 Å². The number of piperidine rings is 1. The van der Waals surface area contributed by atoms with Crippen LogP contribution in [-0.4, -0.2) is 89.6 Å². The zero-order valence-electron chi connectivity index (χ0n) is 22.1. The fraction of sp³-hybridized carbons (Fsp3) is 0.556. The van der Waals surface area contributed by atoms with Crippen molar-refractivity contribution < 1.29 is 53.1 Å². The summed E-state index contributed by atoms with van der Waals surface area (Å²) in [4.78, 5) is 49.8. The second kappa shape index (κ2) is 9.53. The minimum absolute atomic E-state index is 0.169. The van der Waals surface area contributed by atoms with Crippen molar-refractivity contribution in [3.63, 3.8) is 0 Å². The van der Waals surface area contributed by atoms with Gasteiger partial charge in [-0.2, -0.15) is 0 Å². The Balaban J connectivity index is 1.38. The van der Waals surface area contributed by atoms with E-state index in [0.29, 0.717) is 30.9 Å². The summed E-state index contributed by atoms with van der Waals surface area (Å²) in [5.41, 5.74) is -0.119. The van der Waals surface area contributed by atoms with Crippen molar-refractivity contribution >= 4 is 23.9 Å². The van der Waals surface area contributed by atoms with Crippen LogP contribution in [-0.2, 0) is 45.2 Å². The predicted octanol–water partition coefficient (Wildman–Crippen LogP) is 0.854. The summed E-state index contributed by atoms with van der Waals surface area (Å²) in [5.74, 6) is -3.10. The van der Waals surface area contributed by atoms with Crippen LogP contribution < -0.4 is 9.47 Å². The summed E-state index contributed by atoms with van der Waals surface area (Å²) in [6.07, 6.45) is -1.67. The molecule has 2 unspecified atom stereocenters. The molecule has 12 heteroatoms. The minimum Gasteiger partial charge on any atom is -0.493 e. The summed E-state index contributed by atoms with van der Waals surface area (Å²) < 4.78 is 27.4. The van der Waals surface area contributed by atoms with Crippen LogP contribution in [0.25, 0.3) is 0 Å². The molecule has 5 rings (SSSR count). The van der Waals surface area contributed by atoms with Crippen molar-refractivity contribution in [3.8, 4) is 11.5 Å². The Bertz CT molecular complexity index is 1270. The first-order valence-corrected chi connectivity index (χ1v) is 12.7. The second-order valence-corrected chi connectivity index (χ2v) is 10.5. The molecular weight excluding hydrogens is 514 g/mol. The van der Waals surface area contributed by atoms with Crippen LogP contribution in [0.4, 0.5) is 0 Å². The molecule has 2 heterocycles. The molecule has 2 bridgehead atoms. The van der Waals surface area contributed by atoms with E-state index in [2.05, 4.69) is 9.64 Å². The molecule has 210 valence electrons. The lowest BCUT2D eigenvalue weighted by Gasteiger charge is -2.61. The van der Waals surface area contributed by atoms with E-state index in [0.717, 1.165) is 18.1 Å². The minimum atomic E-state index is -1.74. The van der Waals surface area contributed by atoms with Crippen molar-refractivity contribution in [1.82, 2.24) is 4.90 Å². The van der Waals surface area contributed by atoms with Crippen molar-refractivity contribution in [2.75, 3.05) is 20.7 Å². The number of hydrogen-bond donors (Lipinski definition) is 2. The van der Waals surface area contributed by atoms with E-state index >= 15 is 0 Å². The molecule has 2 N–H and O–H groups in total. The number of rotatable bonds is 8. The lowest BCUT2D eigenvalue weighted by molar-refractivity contribution is -0.177. The fourth-order valence-electron chi connectivity index (χ4n) is 6.61. The van der Waals surface area contributed by atoms with Crippen molar-refractivity contribution in [2.24, 2.45) is 0 Å². The molecule has 2 aliphatic heterocycles. The van der Waals surface area contributed by atoms with Crippen LogP contribution in [0.2, 0.25) is 0 Å². The van der Waals surface area contributed by atoms with E-state index in [-0.39, 0.29) is 18.2 Å². The van der Waals surface area contributed by atoms with Crippen LogP contribution in [0, 0.1) is 0 Å². The highest BCUT2D eigenvalue weighted by Crippen LogP contribution is 2.65. The average molecular weight is 546 g/mol. The number of nitrogens with zero attached hydrogens (tertiary/aromatic N) is 1. The molecule has 1 spiro atoms. The largest absolute Gasteiger partial charge is 0.493 e. The highest BCUT2D eigenvalue weighted by Gasteiger charge is 2.72. The second-order valence-electron chi connectivity index (χ2n) is 10.5. The number of likely N-dealkylation sites (tertiary alicyclic amines) is 1. The van der Waals surface area contributed by atoms with Crippen molar-refractivity contribution in [2.45, 2.75) is 74.9 Å². The normalized spacial score (nSPS) is 29.6. The van der Waals surface area contributed by atoms with Gasteiger partial charge in [-0.25, -0.2) is 9.59 Å². The molecular formula is C27H31NO11. The average Bonchev–Trinajstić information content (AvgIpc) is 3.22. The van der Waals surface area contributed by atoms with E-state index < -0.39 is 59.6 Å². The fourth-order valence-corrected chi connectivity index (χ4v) is 6.61. The molecule has 39 heavy (non-hydrogen) atoms. The first kappa shape index (κ1) is 26.9. The molecule has 12 nitrogen and oxygen atoms in total. The van der Waals surface area contributed by atoms with E-state index in [1.807, 2.05) is 19.2 Å². The Labute approximate surface area is 224 Å². The predicted molar refractivity (Wildman–Crippen MR) is 131 cm³/mol. The molecule has 4 aliphatic rings. The molecule has 2 aliphatic carbocycles. The van der Waals surface area contributed by atoms with Gasteiger partial charge >= 0.3 is 23.9 Å². The number of likely N-dealkylation sites (N-methyl/N-ethyl adjacent to an activating group) is 1. The third-order valence-electron chi connectivity index (χ3n) is 8.35. The van der Waals surface area contributed by atoms with Gasteiger partial charge in [-0.1, -0.05) is 6.07 Å². The standard InChI is InChI=1S/C27H31NO11/c1-13(36-20(30)12-18(24(31)32)37-14(2)29)25(33)38-17-7-8-27(34)19-11-15-5-6-16(35-4)22-21(15)26(27,23(17)39-22)9-10-28(19)3/h5-7,13,18-19,23,34H,8-12H2,1-4H3,(H,31,32)/t13-,18-,19+,23?,26?,27+/m0/s1. The highest BCUT2D eigenvalue weighted by atomic mass is 16.6. The third-order valence-corrected chi connectivity index (χ3v) is 8.35. The molecule has 0 aromatic heterocycles. The highest BCUT2D eigenvalue weighted by molar-refractivity contribution is 5.85. The zero-order valence-corrected chi connectivity index (χ0v) is 22.1. The monoisotopic (exact) mass is 545 g/mol. The Morgan fingerprint density at radius 2 is 1.97 bits per heavy atom. The number of carbonyl (C=O) groups is 4. The number of methoxy groups -OCH3 is 1. The number of benzene rings is 1. The van der Waals surface area contributed by atoms with Gasteiger partial charge in [0.25, 0.3) is 0 Å². The first-order chi connectivity index (χ1) is 18.4. The summed E-state index contributed by atoms with van der Waals surface area (Å²) in [6, 6.07) is 3.65. The van der Waals surface area contributed by atoms with Crippen LogP contribution in [0.5, 0.6) is 11.5 Å². The lowest BCUT2D eigenvalue weighted by Crippen LogP contribution is -2.74. The SMILES string of the molecule is COc1ccc2c3c1OC1C(OC(=O)[C@H](C)OC(=O)C[C@H](OC(C)=O)C(=O)O)=CC[C@@]4(O)[C@@H](C2)N(C)CCC314. The van der Waals surface area contributed by atoms with Gasteiger partial charge in [-0.15, -0.1) is 0 Å². The first-order valence-electron chi connectivity index (χ1n) is 12.7. The number of ether oxygens (including phenoxy) is 5. The number of aliphatic carboxylic acids is 1. The molecule has 0 saturated carbocycles. The summed E-state index contributed by atoms with van der Waals surface area (Å²) in [5, 5.41) is 21.4. The van der Waals surface area contributed by atoms with E-state index in [1.54, 1.807) is 6.08 Å². The van der Waals surface area contributed by atoms with E-state index in [1.165, 1.54) is 14.0 Å². The molecule has 1 aromatic carbocycles. The number of carbonyl (C=O) groups excluding carboxylic acids is 3. The Morgan fingerprint density at radius 3 is 2.64 bits per heavy atom. The van der Waals surface area contributed by atoms with E-state index in [9.17, 15) is 24.3 Å². The quantitative estimate of drug-likeness (QED) is 0.351. The van der Waals surface area contributed by atoms with Crippen molar-refractivity contribution in [1.29, 1.82) is 0 Å². The number of carboxylic acid groups (broad SMARTS) is 1. The maximum Gasteiger partial charge on any atom is 0.352 e. The van der Waals surface area contributed by atoms with Gasteiger partial charge < -0.3 is 38.8 Å². The smallest absolute Gasteiger partial charge is 0.352 e. The molecule has 0 amide bonds. The zero-order chi connectivity index (χ0) is 28.3. The number of carboxylic acids is 1. The van der Waals surface area contributed by atoms with Gasteiger partial charge in [0.1, 0.15) is 5.76 Å². The Kier molecular flexibility index (Phi) is 6.58. The van der Waals surface area contributed by atoms with Crippen LogP contribution in [0.3, 0.4) is 0 Å². The van der Waals surface area contributed by atoms with Gasteiger partial charge in [0, 0.05) is 24.9 Å². The number of aliphatic hydroxyl groups is 1. The van der Waals surface area contributed by atoms with Gasteiger partial charge in [-0.05, 0) is 51.1 Å². The Morgan fingerprint density at radius 1 is 1.23 bits per heavy atom. The molecule has 1 aromatic rings. The van der Waals surface area contributed by atoms with Gasteiger partial charge in [0.2, 0.25) is 6.10 Å². The summed E-state index contributed by atoms with van der Waals surface area (Å²) in [7, 11) is 3.53. The molecule has 6 atom stereocenters. The topological polar surface area (TPSA) is 158 Å². The van der Waals surface area contributed by atoms with Crippen LogP contribution >= 0.6 is 0 Å². The van der Waals surface area contributed by atoms with Crippen LogP contribution in [0.15, 0.2) is 24.0 Å². The van der Waals surface area contributed by atoms with Gasteiger partial charge in [0.15, 0.2) is 23.7 Å². The number of hydrogen-bond acceptors (Lipinski definition) is 11. The lowest BCUT2D eigenvalue weighted by atomic mass is 9.50.